The van der Waals surface area contributed by atoms with Gasteiger partial charge in [-0.05, 0) is 74.9 Å². The molecular weight excluding hydrogens is 422 g/mol. The lowest BCUT2D eigenvalue weighted by molar-refractivity contribution is -0.258. The van der Waals surface area contributed by atoms with Gasteiger partial charge >= 0.3 is 6.18 Å². The first-order valence-electron chi connectivity index (χ1n) is 11.0. The van der Waals surface area contributed by atoms with Crippen molar-refractivity contribution in [1.29, 1.82) is 0 Å². The predicted octanol–water partition coefficient (Wildman–Crippen LogP) is 6.25. The van der Waals surface area contributed by atoms with Crippen molar-refractivity contribution >= 4 is 5.91 Å². The fourth-order valence-electron chi connectivity index (χ4n) is 3.82. The van der Waals surface area contributed by atoms with E-state index < -0.39 is 11.8 Å². The highest BCUT2D eigenvalue weighted by Crippen LogP contribution is 2.38. The maximum atomic E-state index is 13.1. The summed E-state index contributed by atoms with van der Waals surface area (Å²) in [4.78, 5) is 14.9. The Bertz CT molecular complexity index is 861. The van der Waals surface area contributed by atoms with Crippen LogP contribution in [0.15, 0.2) is 48.5 Å². The van der Waals surface area contributed by atoms with Crippen molar-refractivity contribution in [1.82, 2.24) is 4.90 Å². The van der Waals surface area contributed by atoms with E-state index in [1.807, 2.05) is 13.8 Å². The van der Waals surface area contributed by atoms with E-state index in [1.165, 1.54) is 24.3 Å². The Morgan fingerprint density at radius 1 is 1.00 bits per heavy atom. The van der Waals surface area contributed by atoms with Crippen LogP contribution in [0.4, 0.5) is 17.6 Å². The van der Waals surface area contributed by atoms with Gasteiger partial charge in [0.2, 0.25) is 0 Å². The number of hydrogen-bond donors (Lipinski definition) is 1. The Labute approximate surface area is 187 Å². The molecule has 2 aromatic rings. The quantitative estimate of drug-likeness (QED) is 0.432. The largest absolute Gasteiger partial charge is 0.421 e. The lowest BCUT2D eigenvalue weighted by atomic mass is 9.94. The van der Waals surface area contributed by atoms with Gasteiger partial charge in [0.05, 0.1) is 0 Å². The molecule has 0 spiro atoms. The minimum Gasteiger partial charge on any atom is -0.376 e. The molecule has 1 N–H and O–H groups in total. The summed E-state index contributed by atoms with van der Waals surface area (Å²) in [5.41, 5.74) is -1.98. The van der Waals surface area contributed by atoms with Crippen molar-refractivity contribution in [3.63, 3.8) is 0 Å². The van der Waals surface area contributed by atoms with Crippen molar-refractivity contribution in [2.75, 3.05) is 6.54 Å². The molecule has 1 unspecified atom stereocenters. The van der Waals surface area contributed by atoms with Crippen molar-refractivity contribution in [2.24, 2.45) is 0 Å². The Morgan fingerprint density at radius 3 is 2.09 bits per heavy atom. The van der Waals surface area contributed by atoms with E-state index in [1.54, 1.807) is 17.0 Å². The van der Waals surface area contributed by atoms with E-state index >= 15 is 0 Å². The fraction of sp³-hybridized carbons (Fsp3) is 0.480. The van der Waals surface area contributed by atoms with Crippen molar-refractivity contribution < 1.29 is 27.5 Å². The Kier molecular flexibility index (Phi) is 8.84. The number of carbonyl (C=O) groups is 1. The summed E-state index contributed by atoms with van der Waals surface area (Å²) >= 11 is 0. The summed E-state index contributed by atoms with van der Waals surface area (Å²) in [5.74, 6) is -0.519. The van der Waals surface area contributed by atoms with Crippen LogP contribution in [0.5, 0.6) is 0 Å². The van der Waals surface area contributed by atoms with Gasteiger partial charge in [-0.15, -0.1) is 0 Å². The molecule has 176 valence electrons. The molecule has 0 saturated carbocycles. The van der Waals surface area contributed by atoms with E-state index in [4.69, 9.17) is 0 Å². The number of aliphatic hydroxyl groups is 1. The van der Waals surface area contributed by atoms with Crippen molar-refractivity contribution in [3.8, 4) is 0 Å². The van der Waals surface area contributed by atoms with E-state index in [0.29, 0.717) is 13.5 Å². The molecule has 0 aliphatic carbocycles. The van der Waals surface area contributed by atoms with Crippen LogP contribution in [-0.2, 0) is 12.0 Å². The minimum absolute atomic E-state index is 0.00379. The summed E-state index contributed by atoms with van der Waals surface area (Å²) in [6, 6.07) is 11.3. The monoisotopic (exact) mass is 453 g/mol. The molecule has 0 bridgehead atoms. The first kappa shape index (κ1) is 25.8. The van der Waals surface area contributed by atoms with Crippen molar-refractivity contribution in [3.05, 3.63) is 71.0 Å². The molecule has 0 heterocycles. The lowest BCUT2D eigenvalue weighted by Crippen LogP contribution is -2.41. The van der Waals surface area contributed by atoms with Gasteiger partial charge in [0.1, 0.15) is 5.82 Å². The summed E-state index contributed by atoms with van der Waals surface area (Å²) in [5, 5.41) is 9.83. The van der Waals surface area contributed by atoms with Gasteiger partial charge in [0, 0.05) is 18.2 Å². The van der Waals surface area contributed by atoms with Crippen LogP contribution in [0, 0.1) is 5.82 Å². The van der Waals surface area contributed by atoms with Crippen LogP contribution in [0.3, 0.4) is 0 Å². The lowest BCUT2D eigenvalue weighted by Gasteiger charge is -2.31. The summed E-state index contributed by atoms with van der Waals surface area (Å²) < 4.78 is 52.3. The first-order valence-corrected chi connectivity index (χ1v) is 11.0. The molecule has 3 nitrogen and oxygen atoms in total. The maximum absolute atomic E-state index is 13.1. The highest BCUT2D eigenvalue weighted by atomic mass is 19.4. The van der Waals surface area contributed by atoms with E-state index in [0.717, 1.165) is 49.8 Å². The Hall–Kier alpha value is -2.41. The predicted molar refractivity (Wildman–Crippen MR) is 117 cm³/mol. The first-order chi connectivity index (χ1) is 15.0. The smallest absolute Gasteiger partial charge is 0.376 e. The second-order valence-corrected chi connectivity index (χ2v) is 8.20. The molecule has 0 fully saturated rings. The number of carbonyl (C=O) groups excluding carboxylic acids is 1. The zero-order chi connectivity index (χ0) is 23.9. The van der Waals surface area contributed by atoms with Crippen LogP contribution in [0.2, 0.25) is 0 Å². The van der Waals surface area contributed by atoms with E-state index in [9.17, 15) is 27.5 Å². The average molecular weight is 454 g/mol. The van der Waals surface area contributed by atoms with Gasteiger partial charge in [0.15, 0.2) is 5.60 Å². The van der Waals surface area contributed by atoms with Gasteiger partial charge in [-0.1, -0.05) is 37.6 Å². The maximum Gasteiger partial charge on any atom is 0.421 e. The molecular formula is C25H31F4NO2. The summed E-state index contributed by atoms with van der Waals surface area (Å²) in [7, 11) is 0. The second kappa shape index (κ2) is 10.9. The van der Waals surface area contributed by atoms with Crippen molar-refractivity contribution in [2.45, 2.75) is 70.7 Å². The summed E-state index contributed by atoms with van der Waals surface area (Å²) in [6.45, 7) is 5.09. The van der Waals surface area contributed by atoms with Gasteiger partial charge in [0.25, 0.3) is 5.91 Å². The standard InChI is InChI=1S/C25H31F4NO2/c1-4-7-22(9-6-8-18-10-16-21(26)17-11-18)30(5-2)23(31)19-12-14-20(15-13-19)24(3,32)25(27,28)29/h10-17,22,32H,4-9H2,1-3H3/t22?,24-/m0/s1. The van der Waals surface area contributed by atoms with E-state index in [-0.39, 0.29) is 28.9 Å². The van der Waals surface area contributed by atoms with Gasteiger partial charge in [-0.2, -0.15) is 13.2 Å². The number of alkyl halides is 3. The number of benzene rings is 2. The molecule has 0 saturated heterocycles. The molecule has 0 aliphatic heterocycles. The van der Waals surface area contributed by atoms with Gasteiger partial charge in [-0.25, -0.2) is 4.39 Å². The molecule has 0 radical (unpaired) electrons. The highest BCUT2D eigenvalue weighted by Gasteiger charge is 2.51. The van der Waals surface area contributed by atoms with Gasteiger partial charge in [-0.3, -0.25) is 4.79 Å². The van der Waals surface area contributed by atoms with Crippen LogP contribution < -0.4 is 0 Å². The second-order valence-electron chi connectivity index (χ2n) is 8.20. The normalized spacial score (nSPS) is 14.6. The topological polar surface area (TPSA) is 40.5 Å². The molecule has 2 aromatic carbocycles. The zero-order valence-electron chi connectivity index (χ0n) is 18.8. The molecule has 2 atom stereocenters. The number of rotatable bonds is 10. The van der Waals surface area contributed by atoms with Gasteiger partial charge < -0.3 is 10.0 Å². The number of aryl methyl sites for hydroxylation is 1. The number of nitrogens with zero attached hydrogens (tertiary/aromatic N) is 1. The third-order valence-corrected chi connectivity index (χ3v) is 5.83. The van der Waals surface area contributed by atoms with Crippen LogP contribution >= 0.6 is 0 Å². The Morgan fingerprint density at radius 2 is 1.59 bits per heavy atom. The zero-order valence-corrected chi connectivity index (χ0v) is 18.8. The molecule has 32 heavy (non-hydrogen) atoms. The molecule has 1 amide bonds. The molecule has 0 aliphatic rings. The highest BCUT2D eigenvalue weighted by molar-refractivity contribution is 5.94. The van der Waals surface area contributed by atoms with Crippen LogP contribution in [-0.4, -0.2) is 34.7 Å². The number of hydrogen-bond acceptors (Lipinski definition) is 2. The average Bonchev–Trinajstić information content (AvgIpc) is 2.75. The molecule has 2 rings (SSSR count). The number of halogens is 4. The van der Waals surface area contributed by atoms with Crippen LogP contribution in [0.25, 0.3) is 0 Å². The fourth-order valence-corrected chi connectivity index (χ4v) is 3.82. The molecule has 0 aromatic heterocycles. The third-order valence-electron chi connectivity index (χ3n) is 5.83. The summed E-state index contributed by atoms with van der Waals surface area (Å²) in [6.07, 6.45) is -0.750. The number of amides is 1. The minimum atomic E-state index is -4.81. The Balaban J connectivity index is 2.10. The van der Waals surface area contributed by atoms with Crippen LogP contribution in [0.1, 0.15) is 67.9 Å². The molecule has 7 heteroatoms. The SMILES string of the molecule is CCCC(CCCc1ccc(F)cc1)N(CC)C(=O)c1ccc([C@](C)(O)C(F)(F)F)cc1. The van der Waals surface area contributed by atoms with E-state index in [2.05, 4.69) is 0 Å². The third kappa shape index (κ3) is 6.31.